The fraction of sp³-hybridized carbons (Fsp3) is 0.129. The maximum absolute atomic E-state index is 6.95. The number of benzene rings is 10. The molecule has 0 spiro atoms. The molecule has 0 bridgehead atoms. The van der Waals surface area contributed by atoms with E-state index in [1.165, 1.54) is 132 Å². The molecule has 10 aromatic carbocycles. The van der Waals surface area contributed by atoms with E-state index in [0.717, 1.165) is 11.2 Å². The van der Waals surface area contributed by atoms with Crippen molar-refractivity contribution in [3.05, 3.63) is 203 Å². The molecule has 11 aromatic rings. The van der Waals surface area contributed by atoms with Crippen LogP contribution in [0.2, 0.25) is 0 Å². The number of fused-ring (bicyclic) bond motifs is 15. The molecule has 63 heavy (non-hydrogen) atoms. The third-order valence-corrected chi connectivity index (χ3v) is 15.0. The summed E-state index contributed by atoms with van der Waals surface area (Å²) in [6, 6.07) is 63.7. The standard InChI is InChI=1S/C62H46O/c1-35-16-15-17-36(2)52(35)39-28-26-38-33-40(29-27-37(38)32-39)53-42-18-7-9-20-44(42)54(45-21-10-8-19-43(45)53)41-30-31-47-50(34-41)62(5,6)58-55(47)56-48-23-12-14-25-51(48)63-60(56)57-46-22-11-13-24-49(46)61(3,4)59(57)58/h7-34H,1-6H3. The van der Waals surface area contributed by atoms with Crippen LogP contribution < -0.4 is 0 Å². The Hall–Kier alpha value is -7.22. The molecule has 0 amide bonds. The van der Waals surface area contributed by atoms with Gasteiger partial charge in [-0.2, -0.15) is 0 Å². The lowest BCUT2D eigenvalue weighted by molar-refractivity contribution is 0.600. The Morgan fingerprint density at radius 1 is 0.365 bits per heavy atom. The zero-order chi connectivity index (χ0) is 42.5. The first-order valence-electron chi connectivity index (χ1n) is 22.4. The normalized spacial score (nSPS) is 14.4. The number of hydrogen-bond acceptors (Lipinski definition) is 1. The summed E-state index contributed by atoms with van der Waals surface area (Å²) < 4.78 is 6.95. The van der Waals surface area contributed by atoms with Gasteiger partial charge < -0.3 is 4.42 Å². The zero-order valence-corrected chi connectivity index (χ0v) is 36.6. The molecule has 0 saturated heterocycles. The summed E-state index contributed by atoms with van der Waals surface area (Å²) >= 11 is 0. The Morgan fingerprint density at radius 3 is 1.48 bits per heavy atom. The number of para-hydroxylation sites is 1. The Morgan fingerprint density at radius 2 is 0.841 bits per heavy atom. The SMILES string of the molecule is Cc1cccc(C)c1-c1ccc2cc(-c3c4ccccc4c(-c4ccc5c(c4)C(C)(C)c4c6c(c7oc8ccccc8c7c4-5)-c4ccccc4C6(C)C)c4ccccc34)ccc2c1. The predicted octanol–water partition coefficient (Wildman–Crippen LogP) is 17.3. The van der Waals surface area contributed by atoms with Gasteiger partial charge in [-0.3, -0.25) is 0 Å². The van der Waals surface area contributed by atoms with Crippen molar-refractivity contribution < 1.29 is 4.42 Å². The van der Waals surface area contributed by atoms with Gasteiger partial charge in [-0.25, -0.2) is 0 Å². The molecule has 13 rings (SSSR count). The molecule has 1 nitrogen and oxygen atoms in total. The van der Waals surface area contributed by atoms with Gasteiger partial charge in [0.25, 0.3) is 0 Å². The second kappa shape index (κ2) is 12.7. The highest BCUT2D eigenvalue weighted by molar-refractivity contribution is 6.23. The monoisotopic (exact) mass is 806 g/mol. The van der Waals surface area contributed by atoms with Crippen molar-refractivity contribution >= 4 is 54.3 Å². The Balaban J connectivity index is 1.03. The van der Waals surface area contributed by atoms with E-state index in [9.17, 15) is 0 Å². The maximum atomic E-state index is 6.95. The molecule has 0 radical (unpaired) electrons. The van der Waals surface area contributed by atoms with Crippen molar-refractivity contribution in [2.24, 2.45) is 0 Å². The first-order valence-corrected chi connectivity index (χ1v) is 22.4. The Kier molecular flexibility index (Phi) is 7.33. The van der Waals surface area contributed by atoms with Gasteiger partial charge in [-0.15, -0.1) is 0 Å². The van der Waals surface area contributed by atoms with Crippen LogP contribution in [-0.2, 0) is 10.8 Å². The average Bonchev–Trinajstić information content (AvgIpc) is 3.87. The minimum atomic E-state index is -0.273. The molecule has 0 aliphatic heterocycles. The third-order valence-electron chi connectivity index (χ3n) is 15.0. The van der Waals surface area contributed by atoms with Crippen molar-refractivity contribution in [3.63, 3.8) is 0 Å². The van der Waals surface area contributed by atoms with E-state index < -0.39 is 0 Å². The molecule has 2 aliphatic carbocycles. The Labute approximate surface area is 368 Å². The minimum Gasteiger partial charge on any atom is -0.455 e. The lowest BCUT2D eigenvalue weighted by Gasteiger charge is -2.31. The summed E-state index contributed by atoms with van der Waals surface area (Å²) in [5, 5.41) is 10.0. The van der Waals surface area contributed by atoms with Gasteiger partial charge in [0.15, 0.2) is 0 Å². The molecule has 300 valence electrons. The van der Waals surface area contributed by atoms with Crippen LogP contribution >= 0.6 is 0 Å². The molecule has 0 N–H and O–H groups in total. The minimum absolute atomic E-state index is 0.196. The van der Waals surface area contributed by atoms with E-state index in [1.807, 2.05) is 0 Å². The highest BCUT2D eigenvalue weighted by atomic mass is 16.3. The summed E-state index contributed by atoms with van der Waals surface area (Å²) in [6.45, 7) is 14.2. The predicted molar refractivity (Wildman–Crippen MR) is 267 cm³/mol. The number of hydrogen-bond donors (Lipinski definition) is 0. The molecule has 0 unspecified atom stereocenters. The van der Waals surface area contributed by atoms with Gasteiger partial charge in [-0.05, 0) is 154 Å². The number of rotatable bonds is 3. The summed E-state index contributed by atoms with van der Waals surface area (Å²) in [6.07, 6.45) is 0. The van der Waals surface area contributed by atoms with Gasteiger partial charge in [0, 0.05) is 27.2 Å². The van der Waals surface area contributed by atoms with E-state index in [1.54, 1.807) is 0 Å². The quantitative estimate of drug-likeness (QED) is 0.162. The van der Waals surface area contributed by atoms with Crippen molar-refractivity contribution in [1.29, 1.82) is 0 Å². The fourth-order valence-electron chi connectivity index (χ4n) is 12.3. The first-order chi connectivity index (χ1) is 30.6. The topological polar surface area (TPSA) is 13.1 Å². The van der Waals surface area contributed by atoms with Crippen LogP contribution in [0.1, 0.15) is 61.1 Å². The molecule has 0 fully saturated rings. The van der Waals surface area contributed by atoms with Crippen LogP contribution in [0.3, 0.4) is 0 Å². The second-order valence-electron chi connectivity index (χ2n) is 19.2. The van der Waals surface area contributed by atoms with Crippen molar-refractivity contribution in [1.82, 2.24) is 0 Å². The van der Waals surface area contributed by atoms with E-state index in [0.29, 0.717) is 0 Å². The van der Waals surface area contributed by atoms with Crippen molar-refractivity contribution in [2.45, 2.75) is 52.4 Å². The highest BCUT2D eigenvalue weighted by Crippen LogP contribution is 2.63. The fourth-order valence-corrected chi connectivity index (χ4v) is 12.3. The summed E-state index contributed by atoms with van der Waals surface area (Å²) in [5.41, 5.74) is 22.6. The summed E-state index contributed by atoms with van der Waals surface area (Å²) in [4.78, 5) is 0. The summed E-state index contributed by atoms with van der Waals surface area (Å²) in [5.74, 6) is 0. The molecule has 0 atom stereocenters. The van der Waals surface area contributed by atoms with Gasteiger partial charge in [0.2, 0.25) is 0 Å². The molecule has 1 heterocycles. The van der Waals surface area contributed by atoms with E-state index in [-0.39, 0.29) is 10.8 Å². The highest BCUT2D eigenvalue weighted by Gasteiger charge is 2.48. The first kappa shape index (κ1) is 36.4. The largest absolute Gasteiger partial charge is 0.455 e. The smallest absolute Gasteiger partial charge is 0.144 e. The van der Waals surface area contributed by atoms with Crippen LogP contribution in [0.5, 0.6) is 0 Å². The molecule has 2 aliphatic rings. The molecular weight excluding hydrogens is 761 g/mol. The Bertz CT molecular complexity index is 3730. The zero-order valence-electron chi connectivity index (χ0n) is 36.6. The average molecular weight is 807 g/mol. The molecule has 1 aromatic heterocycles. The van der Waals surface area contributed by atoms with Crippen LogP contribution in [0.4, 0.5) is 0 Å². The van der Waals surface area contributed by atoms with E-state index in [2.05, 4.69) is 211 Å². The van der Waals surface area contributed by atoms with Gasteiger partial charge in [0.05, 0.1) is 0 Å². The van der Waals surface area contributed by atoms with Crippen molar-refractivity contribution in [2.75, 3.05) is 0 Å². The summed E-state index contributed by atoms with van der Waals surface area (Å²) in [7, 11) is 0. The number of furan rings is 1. The lowest BCUT2D eigenvalue weighted by Crippen LogP contribution is -2.24. The van der Waals surface area contributed by atoms with Crippen LogP contribution in [0, 0.1) is 13.8 Å². The third kappa shape index (κ3) is 4.83. The van der Waals surface area contributed by atoms with Crippen LogP contribution in [0.25, 0.3) is 110 Å². The maximum Gasteiger partial charge on any atom is 0.144 e. The van der Waals surface area contributed by atoms with Gasteiger partial charge in [0.1, 0.15) is 11.2 Å². The second-order valence-corrected chi connectivity index (χ2v) is 19.2. The molecular formula is C62H46O. The van der Waals surface area contributed by atoms with Crippen LogP contribution in [-0.4, -0.2) is 0 Å². The molecule has 1 heteroatoms. The van der Waals surface area contributed by atoms with E-state index in [4.69, 9.17) is 4.42 Å². The van der Waals surface area contributed by atoms with E-state index >= 15 is 0 Å². The lowest BCUT2D eigenvalue weighted by atomic mass is 9.72. The van der Waals surface area contributed by atoms with Crippen molar-refractivity contribution in [3.8, 4) is 55.6 Å². The molecule has 0 saturated carbocycles. The van der Waals surface area contributed by atoms with Gasteiger partial charge in [-0.1, -0.05) is 173 Å². The number of aryl methyl sites for hydroxylation is 2. The van der Waals surface area contributed by atoms with Crippen LogP contribution in [0.15, 0.2) is 174 Å². The van der Waals surface area contributed by atoms with Gasteiger partial charge >= 0.3 is 0 Å².